The van der Waals surface area contributed by atoms with E-state index >= 15 is 0 Å². The smallest absolute Gasteiger partial charge is 0.435 e. The molecule has 2 heterocycles. The van der Waals surface area contributed by atoms with Gasteiger partial charge in [0, 0.05) is 24.1 Å². The fraction of sp³-hybridized carbons (Fsp3) is 0.333. The fourth-order valence-corrected chi connectivity index (χ4v) is 5.74. The van der Waals surface area contributed by atoms with Crippen molar-refractivity contribution in [2.24, 2.45) is 0 Å². The number of halogens is 2. The Kier molecular flexibility index (Phi) is 8.93. The molecule has 16 heteroatoms. The first-order chi connectivity index (χ1) is 19.0. The maximum atomic E-state index is 14.5. The van der Waals surface area contributed by atoms with Crippen LogP contribution in [-0.2, 0) is 21.1 Å². The molecule has 1 aromatic heterocycles. The van der Waals surface area contributed by atoms with E-state index in [4.69, 9.17) is 39.6 Å². The quantitative estimate of drug-likeness (QED) is 0.277. The van der Waals surface area contributed by atoms with Crippen LogP contribution in [0.3, 0.4) is 0 Å². The molecule has 3 N–H and O–H groups in total. The van der Waals surface area contributed by atoms with Gasteiger partial charge in [-0.2, -0.15) is 0 Å². The van der Waals surface area contributed by atoms with Gasteiger partial charge in [-0.15, -0.1) is 0 Å². The maximum Gasteiger partial charge on any atom is 0.435 e. The van der Waals surface area contributed by atoms with Gasteiger partial charge in [-0.25, -0.2) is 13.6 Å². The number of alkyl halides is 2. The summed E-state index contributed by atoms with van der Waals surface area (Å²) in [6.07, 6.45) is -8.55. The third kappa shape index (κ3) is 6.19. The molecule has 0 bridgehead atoms. The van der Waals surface area contributed by atoms with Crippen LogP contribution in [0, 0.1) is 0 Å². The summed E-state index contributed by atoms with van der Waals surface area (Å²) >= 11 is 5.53. The number of aromatic nitrogens is 2. The van der Waals surface area contributed by atoms with Gasteiger partial charge >= 0.3 is 12.4 Å². The monoisotopic (exact) mass is 602 g/mol. The molecule has 0 saturated carbocycles. The van der Waals surface area contributed by atoms with Crippen LogP contribution in [0.15, 0.2) is 70.4 Å². The van der Waals surface area contributed by atoms with Crippen molar-refractivity contribution in [2.45, 2.75) is 30.5 Å². The summed E-state index contributed by atoms with van der Waals surface area (Å²) in [4.78, 5) is 25.6. The molecule has 4 atom stereocenters. The van der Waals surface area contributed by atoms with E-state index in [-0.39, 0.29) is 11.5 Å². The van der Waals surface area contributed by atoms with Gasteiger partial charge in [-0.3, -0.25) is 18.9 Å². The first-order valence-corrected chi connectivity index (χ1v) is 14.1. The highest BCUT2D eigenvalue weighted by Crippen LogP contribution is 2.52. The minimum absolute atomic E-state index is 0.161. The summed E-state index contributed by atoms with van der Waals surface area (Å²) < 4.78 is 62.6. The van der Waals surface area contributed by atoms with Gasteiger partial charge in [0.1, 0.15) is 35.2 Å². The standard InChI is InChI=1S/C24H25F2N2O10PS/c1-33-14-3-7-16(8-4-14)37-39(40,38-17-9-5-15(34-2)6-10-17)35-13-24(22(25)26)20(31)19(30)21(36-24)28-12-11-18(29)27-23(28)32/h3-12,19-22,30-31H,13H2,1-2H3,(H,27,29,32)/t19-,20-,21-,24-/m1/s1. The molecule has 12 nitrogen and oxygen atoms in total. The predicted molar refractivity (Wildman–Crippen MR) is 140 cm³/mol. The molecule has 1 aliphatic heterocycles. The summed E-state index contributed by atoms with van der Waals surface area (Å²) in [7, 11) is 2.94. The number of aliphatic hydroxyl groups is 2. The first-order valence-electron chi connectivity index (χ1n) is 11.6. The molecule has 0 aliphatic carbocycles. The van der Waals surface area contributed by atoms with Gasteiger partial charge in [0.15, 0.2) is 11.8 Å². The lowest BCUT2D eigenvalue weighted by molar-refractivity contribution is -0.192. The van der Waals surface area contributed by atoms with Gasteiger partial charge in [0.2, 0.25) is 0 Å². The van der Waals surface area contributed by atoms with E-state index in [0.717, 1.165) is 12.3 Å². The van der Waals surface area contributed by atoms with Crippen molar-refractivity contribution in [1.82, 2.24) is 9.55 Å². The number of benzene rings is 2. The van der Waals surface area contributed by atoms with Crippen LogP contribution in [-0.4, -0.2) is 64.8 Å². The van der Waals surface area contributed by atoms with Gasteiger partial charge in [-0.1, -0.05) is 0 Å². The highest BCUT2D eigenvalue weighted by molar-refractivity contribution is 8.07. The van der Waals surface area contributed by atoms with Crippen molar-refractivity contribution in [3.8, 4) is 23.0 Å². The van der Waals surface area contributed by atoms with Gasteiger partial charge in [-0.05, 0) is 48.5 Å². The zero-order chi connectivity index (χ0) is 29.1. The third-order valence-corrected chi connectivity index (χ3v) is 8.03. The van der Waals surface area contributed by atoms with Crippen LogP contribution in [0.1, 0.15) is 6.23 Å². The van der Waals surface area contributed by atoms with Crippen molar-refractivity contribution in [3.63, 3.8) is 0 Å². The van der Waals surface area contributed by atoms with Crippen LogP contribution < -0.4 is 29.8 Å². The number of ether oxygens (including phenoxy) is 3. The van der Waals surface area contributed by atoms with Crippen LogP contribution in [0.5, 0.6) is 23.0 Å². The van der Waals surface area contributed by atoms with Crippen LogP contribution in [0.25, 0.3) is 0 Å². The summed E-state index contributed by atoms with van der Waals surface area (Å²) in [6.45, 7) is -5.08. The molecule has 1 saturated heterocycles. The van der Waals surface area contributed by atoms with E-state index in [1.807, 2.05) is 4.98 Å². The molecule has 0 amide bonds. The van der Waals surface area contributed by atoms with E-state index in [0.29, 0.717) is 16.1 Å². The third-order valence-electron chi connectivity index (χ3n) is 5.95. The molecule has 1 fully saturated rings. The number of hydrogen-bond acceptors (Lipinski definition) is 11. The zero-order valence-corrected chi connectivity index (χ0v) is 22.7. The van der Waals surface area contributed by atoms with E-state index in [1.54, 1.807) is 24.3 Å². The number of aromatic amines is 1. The molecule has 4 rings (SSSR count). The second-order valence-electron chi connectivity index (χ2n) is 8.47. The van der Waals surface area contributed by atoms with E-state index < -0.39 is 55.0 Å². The second-order valence-corrected chi connectivity index (χ2v) is 11.3. The Morgan fingerprint density at radius 1 is 0.975 bits per heavy atom. The van der Waals surface area contributed by atoms with Crippen molar-refractivity contribution in [3.05, 3.63) is 81.6 Å². The Labute approximate surface area is 230 Å². The van der Waals surface area contributed by atoms with Crippen LogP contribution >= 0.6 is 6.72 Å². The van der Waals surface area contributed by atoms with Crippen molar-refractivity contribution < 1.29 is 46.8 Å². The number of H-pyrrole nitrogens is 1. The summed E-state index contributed by atoms with van der Waals surface area (Å²) in [5, 5.41) is 21.3. The second kappa shape index (κ2) is 12.0. The van der Waals surface area contributed by atoms with Gasteiger partial charge in [0.25, 0.3) is 12.0 Å². The molecule has 0 radical (unpaired) electrons. The number of methoxy groups -OCH3 is 2. The normalized spacial score (nSPS) is 22.7. The van der Waals surface area contributed by atoms with E-state index in [9.17, 15) is 28.6 Å². The lowest BCUT2D eigenvalue weighted by atomic mass is 9.96. The topological polar surface area (TPSA) is 151 Å². The zero-order valence-electron chi connectivity index (χ0n) is 21.0. The summed E-state index contributed by atoms with van der Waals surface area (Å²) in [6, 6.07) is 13.2. The highest BCUT2D eigenvalue weighted by Gasteiger charge is 2.61. The molecule has 0 spiro atoms. The fourth-order valence-electron chi connectivity index (χ4n) is 3.80. The first kappa shape index (κ1) is 29.6. The SMILES string of the molecule is COc1ccc(OP(=S)(OC[C@@]2(C(F)F)O[C@@H](n3ccc(=O)[nH]c3=O)[C@H](O)[C@H]2O)Oc2ccc(OC)cc2)cc1. The largest absolute Gasteiger partial charge is 0.497 e. The lowest BCUT2D eigenvalue weighted by Gasteiger charge is -2.33. The lowest BCUT2D eigenvalue weighted by Crippen LogP contribution is -2.52. The Hall–Kier alpha value is -3.33. The van der Waals surface area contributed by atoms with Gasteiger partial charge in [0.05, 0.1) is 20.8 Å². The molecule has 0 unspecified atom stereocenters. The average molecular weight is 603 g/mol. The number of aliphatic hydroxyl groups excluding tert-OH is 2. The maximum absolute atomic E-state index is 14.5. The Morgan fingerprint density at radius 3 is 1.93 bits per heavy atom. The Bertz CT molecular complexity index is 1420. The molecule has 3 aromatic rings. The molecular weight excluding hydrogens is 577 g/mol. The minimum atomic E-state index is -3.97. The van der Waals surface area contributed by atoms with E-state index in [1.165, 1.54) is 38.5 Å². The number of rotatable bonds is 11. The number of nitrogens with one attached hydrogen (secondary N) is 1. The van der Waals surface area contributed by atoms with Gasteiger partial charge < -0.3 is 33.5 Å². The number of hydrogen-bond donors (Lipinski definition) is 3. The average Bonchev–Trinajstić information content (AvgIpc) is 3.19. The summed E-state index contributed by atoms with van der Waals surface area (Å²) in [5.41, 5.74) is -4.67. The molecule has 1 aliphatic rings. The molecular formula is C24H25F2N2O10PS. The summed E-state index contributed by atoms with van der Waals surface area (Å²) in [5.74, 6) is 1.34. The van der Waals surface area contributed by atoms with Crippen molar-refractivity contribution in [2.75, 3.05) is 20.8 Å². The van der Waals surface area contributed by atoms with E-state index in [2.05, 4.69) is 0 Å². The predicted octanol–water partition coefficient (Wildman–Crippen LogP) is 2.21. The van der Waals surface area contributed by atoms with Crippen LogP contribution in [0.4, 0.5) is 8.78 Å². The minimum Gasteiger partial charge on any atom is -0.497 e. The Balaban J connectivity index is 1.64. The molecule has 2 aromatic carbocycles. The van der Waals surface area contributed by atoms with Crippen molar-refractivity contribution >= 4 is 18.5 Å². The number of nitrogens with zero attached hydrogens (tertiary/aromatic N) is 1. The Morgan fingerprint density at radius 2 is 1.48 bits per heavy atom. The molecule has 216 valence electrons. The highest BCUT2D eigenvalue weighted by atomic mass is 32.5. The molecule has 40 heavy (non-hydrogen) atoms. The van der Waals surface area contributed by atoms with Crippen LogP contribution in [0.2, 0.25) is 0 Å². The van der Waals surface area contributed by atoms with Crippen molar-refractivity contribution in [1.29, 1.82) is 0 Å².